The van der Waals surface area contributed by atoms with Crippen molar-refractivity contribution in [1.29, 1.82) is 0 Å². The second-order valence-electron chi connectivity index (χ2n) is 6.11. The van der Waals surface area contributed by atoms with Crippen LogP contribution in [-0.4, -0.2) is 17.1 Å². The van der Waals surface area contributed by atoms with E-state index < -0.39 is 0 Å². The lowest BCUT2D eigenvalue weighted by Crippen LogP contribution is -2.15. The van der Waals surface area contributed by atoms with Gasteiger partial charge in [0.05, 0.1) is 11.7 Å². The highest BCUT2D eigenvalue weighted by Gasteiger charge is 2.20. The lowest BCUT2D eigenvalue weighted by molar-refractivity contribution is 0.0379. The van der Waals surface area contributed by atoms with Crippen molar-refractivity contribution in [2.45, 2.75) is 26.4 Å². The first-order valence-electron chi connectivity index (χ1n) is 8.05. The van der Waals surface area contributed by atoms with Gasteiger partial charge in [0.2, 0.25) is 0 Å². The van der Waals surface area contributed by atoms with E-state index in [0.717, 1.165) is 22.0 Å². The third-order valence-corrected chi connectivity index (χ3v) is 4.43. The third kappa shape index (κ3) is 3.91. The molecule has 0 amide bonds. The molecule has 0 atom stereocenters. The maximum absolute atomic E-state index is 12.8. The Balaban J connectivity index is 2.24. The van der Waals surface area contributed by atoms with Crippen molar-refractivity contribution in [2.24, 2.45) is 0 Å². The molecular weight excluding hydrogens is 354 g/mol. The average molecular weight is 372 g/mol. The minimum absolute atomic E-state index is 0.218. The molecule has 0 aliphatic heterocycles. The summed E-state index contributed by atoms with van der Waals surface area (Å²) in [6.07, 6.45) is 0.324. The van der Waals surface area contributed by atoms with E-state index in [2.05, 4.69) is 4.98 Å². The monoisotopic (exact) mass is 371 g/mol. The zero-order chi connectivity index (χ0) is 18.0. The smallest absolute Gasteiger partial charge is 0.339 e. The molecule has 1 heterocycles. The lowest BCUT2D eigenvalue weighted by atomic mass is 9.98. The Morgan fingerprint density at radius 2 is 1.92 bits per heavy atom. The van der Waals surface area contributed by atoms with Gasteiger partial charge in [-0.3, -0.25) is 0 Å². The number of fused-ring (bicyclic) bond motifs is 1. The molecule has 0 bridgehead atoms. The van der Waals surface area contributed by atoms with Crippen molar-refractivity contribution in [1.82, 2.24) is 4.98 Å². The molecule has 3 rings (SSSR count). The van der Waals surface area contributed by atoms with Gasteiger partial charge < -0.3 is 9.72 Å². The fraction of sp³-hybridized carbons (Fsp3) is 0.200. The Bertz CT molecular complexity index is 980. The minimum atomic E-state index is -0.381. The Labute approximate surface area is 156 Å². The number of rotatable bonds is 4. The topological polar surface area (TPSA) is 42.1 Å². The lowest BCUT2D eigenvalue weighted by Gasteiger charge is -2.15. The van der Waals surface area contributed by atoms with Crippen molar-refractivity contribution in [3.8, 4) is 0 Å². The summed E-state index contributed by atoms with van der Waals surface area (Å²) >= 11 is 11.7. The van der Waals surface area contributed by atoms with Crippen LogP contribution >= 0.6 is 23.8 Å². The van der Waals surface area contributed by atoms with Crippen LogP contribution in [0.4, 0.5) is 0 Å². The van der Waals surface area contributed by atoms with E-state index in [4.69, 9.17) is 28.6 Å². The number of ether oxygens (including phenoxy) is 1. The van der Waals surface area contributed by atoms with Crippen molar-refractivity contribution >= 4 is 40.7 Å². The summed E-state index contributed by atoms with van der Waals surface area (Å²) in [5.41, 5.74) is 3.07. The number of hydrogen-bond acceptors (Lipinski definition) is 3. The summed E-state index contributed by atoms with van der Waals surface area (Å²) in [4.78, 5) is 16.0. The highest BCUT2D eigenvalue weighted by Crippen LogP contribution is 2.27. The van der Waals surface area contributed by atoms with Crippen molar-refractivity contribution in [2.75, 3.05) is 0 Å². The highest BCUT2D eigenvalue weighted by molar-refractivity contribution is 7.71. The van der Waals surface area contributed by atoms with Gasteiger partial charge in [-0.2, -0.15) is 0 Å². The molecule has 0 unspecified atom stereocenters. The normalized spacial score (nSPS) is 11.0. The number of pyridine rings is 1. The fourth-order valence-corrected chi connectivity index (χ4v) is 3.24. The predicted octanol–water partition coefficient (Wildman–Crippen LogP) is 5.71. The molecule has 0 aliphatic carbocycles. The van der Waals surface area contributed by atoms with Gasteiger partial charge in [-0.15, -0.1) is 0 Å². The van der Waals surface area contributed by atoms with E-state index in [-0.39, 0.29) is 12.1 Å². The largest absolute Gasteiger partial charge is 0.459 e. The quantitative estimate of drug-likeness (QED) is 0.472. The second kappa shape index (κ2) is 7.38. The molecule has 0 saturated heterocycles. The number of H-pyrrole nitrogens is 1. The Morgan fingerprint density at radius 3 is 2.60 bits per heavy atom. The average Bonchev–Trinajstić information content (AvgIpc) is 2.56. The summed E-state index contributed by atoms with van der Waals surface area (Å²) in [5, 5.41) is 1.28. The van der Waals surface area contributed by atoms with Crippen molar-refractivity contribution in [3.05, 3.63) is 74.9 Å². The van der Waals surface area contributed by atoms with Gasteiger partial charge in [-0.05, 0) is 37.6 Å². The van der Waals surface area contributed by atoms with Crippen LogP contribution in [0.15, 0.2) is 48.5 Å². The van der Waals surface area contributed by atoms with Crippen LogP contribution in [0, 0.1) is 4.64 Å². The van der Waals surface area contributed by atoms with Gasteiger partial charge >= 0.3 is 5.97 Å². The Hall–Kier alpha value is -2.17. The Morgan fingerprint density at radius 1 is 1.20 bits per heavy atom. The Kier molecular flexibility index (Phi) is 5.21. The zero-order valence-corrected chi connectivity index (χ0v) is 15.6. The van der Waals surface area contributed by atoms with Crippen LogP contribution in [0.2, 0.25) is 5.02 Å². The molecule has 5 heteroatoms. The maximum atomic E-state index is 12.8. The van der Waals surface area contributed by atoms with Gasteiger partial charge in [0.15, 0.2) is 0 Å². The molecule has 0 fully saturated rings. The van der Waals surface area contributed by atoms with E-state index >= 15 is 0 Å². The molecule has 0 saturated carbocycles. The number of aromatic nitrogens is 1. The number of halogens is 1. The van der Waals surface area contributed by atoms with Crippen LogP contribution in [0.3, 0.4) is 0 Å². The van der Waals surface area contributed by atoms with Crippen LogP contribution in [0.1, 0.15) is 35.3 Å². The van der Waals surface area contributed by atoms with Gasteiger partial charge in [-0.25, -0.2) is 4.79 Å². The number of esters is 1. The summed E-state index contributed by atoms with van der Waals surface area (Å²) in [6.45, 7) is 3.65. The molecule has 1 N–H and O–H groups in total. The molecule has 3 aromatic rings. The standard InChI is InChI=1S/C20H18ClNO2S/c1-12(2)24-20(23)18-15-11-14(21)8-9-17(15)22-19(25)16(18)10-13-6-4-3-5-7-13/h3-9,11-12H,10H2,1-2H3,(H,22,25). The van der Waals surface area contributed by atoms with Gasteiger partial charge in [0.1, 0.15) is 4.64 Å². The minimum Gasteiger partial charge on any atom is -0.459 e. The van der Waals surface area contributed by atoms with Crippen LogP contribution in [0.5, 0.6) is 0 Å². The molecule has 128 valence electrons. The summed E-state index contributed by atoms with van der Waals surface area (Å²) < 4.78 is 6.01. The number of hydrogen-bond donors (Lipinski definition) is 1. The SMILES string of the molecule is CC(C)OC(=O)c1c(Cc2ccccc2)c(=S)[nH]c2ccc(Cl)cc12. The molecule has 25 heavy (non-hydrogen) atoms. The van der Waals surface area contributed by atoms with Crippen LogP contribution < -0.4 is 0 Å². The number of carbonyl (C=O) groups is 1. The van der Waals surface area contributed by atoms with E-state index in [1.165, 1.54) is 0 Å². The van der Waals surface area contributed by atoms with E-state index in [1.807, 2.05) is 50.2 Å². The van der Waals surface area contributed by atoms with Crippen LogP contribution in [-0.2, 0) is 11.2 Å². The first-order valence-corrected chi connectivity index (χ1v) is 8.83. The number of aromatic amines is 1. The summed E-state index contributed by atoms with van der Waals surface area (Å²) in [5.74, 6) is -0.381. The second-order valence-corrected chi connectivity index (χ2v) is 6.96. The summed E-state index contributed by atoms with van der Waals surface area (Å²) in [7, 11) is 0. The molecule has 0 aliphatic rings. The van der Waals surface area contributed by atoms with E-state index in [9.17, 15) is 4.79 Å². The molecule has 0 radical (unpaired) electrons. The van der Waals surface area contributed by atoms with Crippen LogP contribution in [0.25, 0.3) is 10.9 Å². The van der Waals surface area contributed by atoms with E-state index in [0.29, 0.717) is 21.6 Å². The van der Waals surface area contributed by atoms with Crippen molar-refractivity contribution in [3.63, 3.8) is 0 Å². The molecule has 2 aromatic carbocycles. The molecular formula is C20H18ClNO2S. The predicted molar refractivity (Wildman–Crippen MR) is 104 cm³/mol. The summed E-state index contributed by atoms with van der Waals surface area (Å²) in [6, 6.07) is 15.3. The first-order chi connectivity index (χ1) is 12.0. The molecule has 1 aromatic heterocycles. The zero-order valence-electron chi connectivity index (χ0n) is 14.0. The number of nitrogens with one attached hydrogen (secondary N) is 1. The van der Waals surface area contributed by atoms with Gasteiger partial charge in [0, 0.05) is 27.9 Å². The van der Waals surface area contributed by atoms with Gasteiger partial charge in [0.25, 0.3) is 0 Å². The maximum Gasteiger partial charge on any atom is 0.339 e. The molecule has 0 spiro atoms. The number of benzene rings is 2. The fourth-order valence-electron chi connectivity index (χ4n) is 2.78. The highest BCUT2D eigenvalue weighted by atomic mass is 35.5. The van der Waals surface area contributed by atoms with E-state index in [1.54, 1.807) is 12.1 Å². The molecule has 3 nitrogen and oxygen atoms in total. The third-order valence-electron chi connectivity index (χ3n) is 3.85. The van der Waals surface area contributed by atoms with Crippen molar-refractivity contribution < 1.29 is 9.53 Å². The first kappa shape index (κ1) is 17.6. The van der Waals surface area contributed by atoms with Gasteiger partial charge in [-0.1, -0.05) is 54.2 Å². The number of carbonyl (C=O) groups excluding carboxylic acids is 1.